The molecular formula is C18H25NO2S. The van der Waals surface area contributed by atoms with E-state index < -0.39 is 10.0 Å². The van der Waals surface area contributed by atoms with Gasteiger partial charge in [0.25, 0.3) is 0 Å². The second-order valence-corrected chi connectivity index (χ2v) is 8.26. The summed E-state index contributed by atoms with van der Waals surface area (Å²) in [5.41, 5.74) is 2.29. The highest BCUT2D eigenvalue weighted by Gasteiger charge is 2.30. The summed E-state index contributed by atoms with van der Waals surface area (Å²) in [6, 6.07) is 8.17. The van der Waals surface area contributed by atoms with Crippen LogP contribution in [0.1, 0.15) is 56.6 Å². The standard InChI is InChI=1S/C18H25NO2S/c1-2-14-7-5-6-10-18(14)19-22(20,21)17-12-11-15-8-3-4-9-16(15)13-17/h3-4,8-9,13-14,18-19H,2,5-7,10-12H2,1H3. The molecule has 1 fully saturated rings. The summed E-state index contributed by atoms with van der Waals surface area (Å²) in [6.45, 7) is 2.16. The lowest BCUT2D eigenvalue weighted by atomic mass is 9.83. The molecule has 2 aliphatic rings. The smallest absolute Gasteiger partial charge is 0.208 e. The van der Waals surface area contributed by atoms with Gasteiger partial charge in [0.1, 0.15) is 0 Å². The average molecular weight is 319 g/mol. The van der Waals surface area contributed by atoms with E-state index in [2.05, 4.69) is 17.7 Å². The summed E-state index contributed by atoms with van der Waals surface area (Å²) in [6.07, 6.45) is 8.80. The van der Waals surface area contributed by atoms with Crippen LogP contribution in [0.5, 0.6) is 0 Å². The monoisotopic (exact) mass is 319 g/mol. The molecule has 3 rings (SSSR count). The second kappa shape index (κ2) is 6.55. The number of fused-ring (bicyclic) bond motifs is 1. The first kappa shape index (κ1) is 15.8. The van der Waals surface area contributed by atoms with E-state index >= 15 is 0 Å². The van der Waals surface area contributed by atoms with Crippen molar-refractivity contribution in [1.82, 2.24) is 4.72 Å². The lowest BCUT2D eigenvalue weighted by Gasteiger charge is -2.31. The number of sulfonamides is 1. The Morgan fingerprint density at radius 2 is 1.91 bits per heavy atom. The van der Waals surface area contributed by atoms with Crippen LogP contribution in [0, 0.1) is 5.92 Å². The van der Waals surface area contributed by atoms with Crippen LogP contribution >= 0.6 is 0 Å². The maximum atomic E-state index is 12.7. The van der Waals surface area contributed by atoms with Gasteiger partial charge in [-0.25, -0.2) is 13.1 Å². The molecule has 120 valence electrons. The first-order valence-electron chi connectivity index (χ1n) is 8.41. The Hall–Kier alpha value is -1.13. The van der Waals surface area contributed by atoms with Gasteiger partial charge in [0.2, 0.25) is 10.0 Å². The molecule has 1 N–H and O–H groups in total. The molecule has 0 bridgehead atoms. The SMILES string of the molecule is CCC1CCCCC1NS(=O)(=O)C1=Cc2ccccc2CC1. The molecular weight excluding hydrogens is 294 g/mol. The summed E-state index contributed by atoms with van der Waals surface area (Å²) >= 11 is 0. The molecule has 0 saturated heterocycles. The van der Waals surface area contributed by atoms with E-state index in [1.54, 1.807) is 0 Å². The van der Waals surface area contributed by atoms with Crippen LogP contribution in [0.3, 0.4) is 0 Å². The highest BCUT2D eigenvalue weighted by Crippen LogP contribution is 2.30. The first-order chi connectivity index (χ1) is 10.6. The Morgan fingerprint density at radius 3 is 2.73 bits per heavy atom. The van der Waals surface area contributed by atoms with Gasteiger partial charge in [-0.3, -0.25) is 0 Å². The summed E-state index contributed by atoms with van der Waals surface area (Å²) in [5.74, 6) is 0.486. The molecule has 0 spiro atoms. The van der Waals surface area contributed by atoms with Crippen LogP contribution in [0.4, 0.5) is 0 Å². The van der Waals surface area contributed by atoms with Crippen molar-refractivity contribution >= 4 is 16.1 Å². The highest BCUT2D eigenvalue weighted by molar-refractivity contribution is 7.93. The molecule has 0 radical (unpaired) electrons. The van der Waals surface area contributed by atoms with Gasteiger partial charge in [-0.15, -0.1) is 0 Å². The zero-order valence-electron chi connectivity index (χ0n) is 13.2. The summed E-state index contributed by atoms with van der Waals surface area (Å²) < 4.78 is 28.5. The molecule has 1 saturated carbocycles. The summed E-state index contributed by atoms with van der Waals surface area (Å²) in [7, 11) is -3.36. The number of hydrogen-bond acceptors (Lipinski definition) is 2. The Morgan fingerprint density at radius 1 is 1.14 bits per heavy atom. The van der Waals surface area contributed by atoms with Crippen LogP contribution in [-0.2, 0) is 16.4 Å². The Bertz CT molecular complexity index is 663. The molecule has 2 atom stereocenters. The van der Waals surface area contributed by atoms with Gasteiger partial charge in [0.05, 0.1) is 4.91 Å². The summed E-state index contributed by atoms with van der Waals surface area (Å²) in [4.78, 5) is 0.548. The van der Waals surface area contributed by atoms with Crippen molar-refractivity contribution < 1.29 is 8.42 Å². The Kier molecular flexibility index (Phi) is 4.69. The van der Waals surface area contributed by atoms with Gasteiger partial charge in [-0.1, -0.05) is 50.5 Å². The van der Waals surface area contributed by atoms with Crippen molar-refractivity contribution in [2.45, 2.75) is 57.9 Å². The molecule has 0 heterocycles. The minimum atomic E-state index is -3.36. The highest BCUT2D eigenvalue weighted by atomic mass is 32.2. The number of rotatable bonds is 4. The van der Waals surface area contributed by atoms with Crippen molar-refractivity contribution in [3.63, 3.8) is 0 Å². The molecule has 0 aromatic heterocycles. The van der Waals surface area contributed by atoms with Crippen molar-refractivity contribution in [3.05, 3.63) is 40.3 Å². The van der Waals surface area contributed by atoms with Gasteiger partial charge in [0, 0.05) is 6.04 Å². The number of benzene rings is 1. The third-order valence-electron chi connectivity index (χ3n) is 5.10. The fourth-order valence-electron chi connectivity index (χ4n) is 3.74. The summed E-state index contributed by atoms with van der Waals surface area (Å²) in [5, 5.41) is 0. The predicted octanol–water partition coefficient (Wildman–Crippen LogP) is 3.86. The molecule has 2 unspecified atom stereocenters. The molecule has 3 nitrogen and oxygen atoms in total. The van der Waals surface area contributed by atoms with Crippen molar-refractivity contribution in [2.75, 3.05) is 0 Å². The van der Waals surface area contributed by atoms with Gasteiger partial charge in [-0.05, 0) is 48.8 Å². The predicted molar refractivity (Wildman–Crippen MR) is 90.8 cm³/mol. The molecule has 1 aromatic carbocycles. The third-order valence-corrected chi connectivity index (χ3v) is 6.72. The number of allylic oxidation sites excluding steroid dienone is 1. The lowest BCUT2D eigenvalue weighted by molar-refractivity contribution is 0.282. The van der Waals surface area contributed by atoms with Crippen molar-refractivity contribution in [3.8, 4) is 0 Å². The molecule has 2 aliphatic carbocycles. The second-order valence-electron chi connectivity index (χ2n) is 6.49. The zero-order chi connectivity index (χ0) is 15.6. The van der Waals surface area contributed by atoms with E-state index in [1.807, 2.05) is 24.3 Å². The topological polar surface area (TPSA) is 46.2 Å². The van der Waals surface area contributed by atoms with Crippen LogP contribution in [-0.4, -0.2) is 14.5 Å². The van der Waals surface area contributed by atoms with E-state index in [9.17, 15) is 8.42 Å². The fourth-order valence-corrected chi connectivity index (χ4v) is 5.26. The molecule has 1 aromatic rings. The van der Waals surface area contributed by atoms with Gasteiger partial charge < -0.3 is 0 Å². The van der Waals surface area contributed by atoms with E-state index in [4.69, 9.17) is 0 Å². The van der Waals surface area contributed by atoms with Crippen LogP contribution in [0.2, 0.25) is 0 Å². The van der Waals surface area contributed by atoms with E-state index in [0.29, 0.717) is 17.2 Å². The molecule has 22 heavy (non-hydrogen) atoms. The fraction of sp³-hybridized carbons (Fsp3) is 0.556. The van der Waals surface area contributed by atoms with E-state index in [-0.39, 0.29) is 6.04 Å². The normalized spacial score (nSPS) is 25.4. The van der Waals surface area contributed by atoms with Crippen LogP contribution in [0.25, 0.3) is 6.08 Å². The molecule has 4 heteroatoms. The van der Waals surface area contributed by atoms with Crippen LogP contribution < -0.4 is 4.72 Å². The number of hydrogen-bond donors (Lipinski definition) is 1. The Balaban J connectivity index is 1.80. The van der Waals surface area contributed by atoms with Crippen LogP contribution in [0.15, 0.2) is 29.2 Å². The minimum absolute atomic E-state index is 0.113. The van der Waals surface area contributed by atoms with Gasteiger partial charge in [-0.2, -0.15) is 0 Å². The average Bonchev–Trinajstić information content (AvgIpc) is 2.54. The van der Waals surface area contributed by atoms with Crippen molar-refractivity contribution in [2.24, 2.45) is 5.92 Å². The lowest BCUT2D eigenvalue weighted by Crippen LogP contribution is -2.42. The number of aryl methyl sites for hydroxylation is 1. The minimum Gasteiger partial charge on any atom is -0.208 e. The van der Waals surface area contributed by atoms with Gasteiger partial charge in [0.15, 0.2) is 0 Å². The zero-order valence-corrected chi connectivity index (χ0v) is 14.0. The van der Waals surface area contributed by atoms with Gasteiger partial charge >= 0.3 is 0 Å². The van der Waals surface area contributed by atoms with Crippen molar-refractivity contribution in [1.29, 1.82) is 0 Å². The van der Waals surface area contributed by atoms with E-state index in [1.165, 1.54) is 12.0 Å². The quantitative estimate of drug-likeness (QED) is 0.916. The first-order valence-corrected chi connectivity index (χ1v) is 9.89. The Labute approximate surface area is 133 Å². The maximum absolute atomic E-state index is 12.7. The largest absolute Gasteiger partial charge is 0.236 e. The molecule has 0 amide bonds. The maximum Gasteiger partial charge on any atom is 0.236 e. The van der Waals surface area contributed by atoms with E-state index in [0.717, 1.165) is 37.7 Å². The third kappa shape index (κ3) is 3.28. The number of nitrogens with one attached hydrogen (secondary N) is 1. The molecule has 0 aliphatic heterocycles.